The molecule has 0 spiro atoms. The Morgan fingerprint density at radius 2 is 1.50 bits per heavy atom. The predicted octanol–water partition coefficient (Wildman–Crippen LogP) is 5.69. The van der Waals surface area contributed by atoms with Crippen molar-refractivity contribution in [3.8, 4) is 11.1 Å². The van der Waals surface area contributed by atoms with Crippen LogP contribution in [0.15, 0.2) is 79.4 Å². The summed E-state index contributed by atoms with van der Waals surface area (Å²) in [6.45, 7) is 4.07. The van der Waals surface area contributed by atoms with E-state index >= 15 is 0 Å². The molecule has 0 saturated heterocycles. The molecule has 0 fully saturated rings. The van der Waals surface area contributed by atoms with Crippen LogP contribution in [0.25, 0.3) is 17.2 Å². The molecule has 0 aromatic heterocycles. The van der Waals surface area contributed by atoms with Crippen molar-refractivity contribution in [2.75, 3.05) is 11.9 Å². The summed E-state index contributed by atoms with van der Waals surface area (Å²) < 4.78 is 5.56. The van der Waals surface area contributed by atoms with E-state index in [2.05, 4.69) is 36.2 Å². The molecule has 0 atom stereocenters. The largest absolute Gasteiger partial charge is 0.448 e. The first kappa shape index (κ1) is 16.2. The van der Waals surface area contributed by atoms with Gasteiger partial charge >= 0.3 is 6.09 Å². The molecule has 1 aliphatic carbocycles. The standard InChI is InChI=1S/C23H19NO2/c1-2-16-9-3-8-14-22(16)24-23(25)26-15-21-19-12-6-4-10-17(19)18-11-5-7-13-20(18)21/h2-14,21H,1,15H2,(H,24,25). The summed E-state index contributed by atoms with van der Waals surface area (Å²) in [4.78, 5) is 12.3. The van der Waals surface area contributed by atoms with E-state index in [0.29, 0.717) is 12.3 Å². The molecule has 3 aromatic carbocycles. The minimum Gasteiger partial charge on any atom is -0.448 e. The Morgan fingerprint density at radius 3 is 2.15 bits per heavy atom. The second-order valence-corrected chi connectivity index (χ2v) is 6.24. The molecule has 3 heteroatoms. The van der Waals surface area contributed by atoms with Crippen molar-refractivity contribution in [1.29, 1.82) is 0 Å². The SMILES string of the molecule is C=Cc1ccccc1NC(=O)OCC1c2ccccc2-c2ccccc21. The molecule has 0 aliphatic heterocycles. The van der Waals surface area contributed by atoms with E-state index in [-0.39, 0.29) is 5.92 Å². The molecule has 26 heavy (non-hydrogen) atoms. The van der Waals surface area contributed by atoms with Gasteiger partial charge in [0.15, 0.2) is 0 Å². The first-order valence-electron chi connectivity index (χ1n) is 8.61. The average molecular weight is 341 g/mol. The number of benzene rings is 3. The Kier molecular flexibility index (Phi) is 4.28. The van der Waals surface area contributed by atoms with Crippen LogP contribution in [0.3, 0.4) is 0 Å². The summed E-state index contributed by atoms with van der Waals surface area (Å²) in [6.07, 6.45) is 1.25. The Balaban J connectivity index is 1.51. The van der Waals surface area contributed by atoms with Gasteiger partial charge in [-0.05, 0) is 33.9 Å². The number of carbonyl (C=O) groups excluding carboxylic acids is 1. The molecular weight excluding hydrogens is 322 g/mol. The van der Waals surface area contributed by atoms with Crippen LogP contribution in [0, 0.1) is 0 Å². The van der Waals surface area contributed by atoms with Gasteiger partial charge in [0.1, 0.15) is 6.61 Å². The number of hydrogen-bond donors (Lipinski definition) is 1. The molecule has 1 N–H and O–H groups in total. The molecule has 0 unspecified atom stereocenters. The van der Waals surface area contributed by atoms with Crippen molar-refractivity contribution < 1.29 is 9.53 Å². The summed E-state index contributed by atoms with van der Waals surface area (Å²) in [5.41, 5.74) is 6.39. The number of amides is 1. The lowest BCUT2D eigenvalue weighted by atomic mass is 9.98. The highest BCUT2D eigenvalue weighted by Crippen LogP contribution is 2.44. The van der Waals surface area contributed by atoms with Crippen LogP contribution >= 0.6 is 0 Å². The van der Waals surface area contributed by atoms with Gasteiger partial charge in [-0.1, -0.05) is 79.4 Å². The lowest BCUT2D eigenvalue weighted by Gasteiger charge is -2.15. The first-order chi connectivity index (χ1) is 12.8. The summed E-state index contributed by atoms with van der Waals surface area (Å²) in [6, 6.07) is 24.1. The van der Waals surface area contributed by atoms with Crippen LogP contribution in [-0.2, 0) is 4.74 Å². The van der Waals surface area contributed by atoms with Gasteiger partial charge < -0.3 is 4.74 Å². The van der Waals surface area contributed by atoms with Crippen molar-refractivity contribution in [2.45, 2.75) is 5.92 Å². The van der Waals surface area contributed by atoms with Crippen LogP contribution in [0.1, 0.15) is 22.6 Å². The van der Waals surface area contributed by atoms with Crippen LogP contribution in [0.2, 0.25) is 0 Å². The second kappa shape index (κ2) is 6.89. The van der Waals surface area contributed by atoms with E-state index in [1.165, 1.54) is 22.3 Å². The molecule has 0 bridgehead atoms. The molecule has 4 rings (SSSR count). The van der Waals surface area contributed by atoms with Gasteiger partial charge in [0.2, 0.25) is 0 Å². The van der Waals surface area contributed by atoms with E-state index in [1.807, 2.05) is 48.5 Å². The maximum atomic E-state index is 12.3. The Labute approximate surface area is 152 Å². The number of para-hydroxylation sites is 1. The summed E-state index contributed by atoms with van der Waals surface area (Å²) >= 11 is 0. The summed E-state index contributed by atoms with van der Waals surface area (Å²) in [7, 11) is 0. The van der Waals surface area contributed by atoms with Gasteiger partial charge in [-0.3, -0.25) is 5.32 Å². The molecular formula is C23H19NO2. The van der Waals surface area contributed by atoms with E-state index in [9.17, 15) is 4.79 Å². The van der Waals surface area contributed by atoms with Gasteiger partial charge in [-0.25, -0.2) is 4.79 Å². The maximum Gasteiger partial charge on any atom is 0.411 e. The zero-order chi connectivity index (χ0) is 17.9. The number of nitrogens with one attached hydrogen (secondary N) is 1. The number of anilines is 1. The Morgan fingerprint density at radius 1 is 0.923 bits per heavy atom. The lowest BCUT2D eigenvalue weighted by molar-refractivity contribution is 0.158. The number of ether oxygens (including phenoxy) is 1. The fourth-order valence-electron chi connectivity index (χ4n) is 3.53. The highest BCUT2D eigenvalue weighted by Gasteiger charge is 2.28. The number of carbonyl (C=O) groups is 1. The van der Waals surface area contributed by atoms with Crippen molar-refractivity contribution in [3.05, 3.63) is 96.1 Å². The van der Waals surface area contributed by atoms with Gasteiger partial charge in [0.25, 0.3) is 0 Å². The minimum absolute atomic E-state index is 0.0581. The third kappa shape index (κ3) is 2.88. The maximum absolute atomic E-state index is 12.3. The zero-order valence-corrected chi connectivity index (χ0v) is 14.3. The second-order valence-electron chi connectivity index (χ2n) is 6.24. The van der Waals surface area contributed by atoms with Crippen LogP contribution in [-0.4, -0.2) is 12.7 Å². The molecule has 0 radical (unpaired) electrons. The first-order valence-corrected chi connectivity index (χ1v) is 8.61. The highest BCUT2D eigenvalue weighted by atomic mass is 16.5. The fourth-order valence-corrected chi connectivity index (χ4v) is 3.53. The third-order valence-electron chi connectivity index (χ3n) is 4.76. The van der Waals surface area contributed by atoms with E-state index in [0.717, 1.165) is 5.56 Å². The average Bonchev–Trinajstić information content (AvgIpc) is 3.01. The molecule has 0 saturated carbocycles. The summed E-state index contributed by atoms with van der Waals surface area (Å²) in [5.74, 6) is 0.0581. The topological polar surface area (TPSA) is 38.3 Å². The van der Waals surface area contributed by atoms with Gasteiger partial charge in [0.05, 0.1) is 5.69 Å². The molecule has 1 aliphatic rings. The molecule has 3 aromatic rings. The molecule has 3 nitrogen and oxygen atoms in total. The minimum atomic E-state index is -0.457. The van der Waals surface area contributed by atoms with Gasteiger partial charge in [-0.2, -0.15) is 0 Å². The molecule has 1 amide bonds. The van der Waals surface area contributed by atoms with Crippen molar-refractivity contribution in [1.82, 2.24) is 0 Å². The van der Waals surface area contributed by atoms with Crippen molar-refractivity contribution >= 4 is 17.9 Å². The van der Waals surface area contributed by atoms with E-state index in [4.69, 9.17) is 4.74 Å². The van der Waals surface area contributed by atoms with Crippen LogP contribution in [0.4, 0.5) is 10.5 Å². The Bertz CT molecular complexity index is 932. The van der Waals surface area contributed by atoms with Crippen molar-refractivity contribution in [2.24, 2.45) is 0 Å². The monoisotopic (exact) mass is 341 g/mol. The smallest absolute Gasteiger partial charge is 0.411 e. The van der Waals surface area contributed by atoms with Gasteiger partial charge in [0, 0.05) is 5.92 Å². The lowest BCUT2D eigenvalue weighted by Crippen LogP contribution is -2.18. The fraction of sp³-hybridized carbons (Fsp3) is 0.0870. The van der Waals surface area contributed by atoms with E-state index in [1.54, 1.807) is 6.08 Å². The number of rotatable bonds is 4. The number of hydrogen-bond acceptors (Lipinski definition) is 2. The Hall–Kier alpha value is -3.33. The van der Waals surface area contributed by atoms with Crippen molar-refractivity contribution in [3.63, 3.8) is 0 Å². The molecule has 128 valence electrons. The predicted molar refractivity (Wildman–Crippen MR) is 105 cm³/mol. The van der Waals surface area contributed by atoms with E-state index < -0.39 is 6.09 Å². The highest BCUT2D eigenvalue weighted by molar-refractivity contribution is 5.88. The van der Waals surface area contributed by atoms with Gasteiger partial charge in [-0.15, -0.1) is 0 Å². The zero-order valence-electron chi connectivity index (χ0n) is 14.3. The van der Waals surface area contributed by atoms with Crippen LogP contribution in [0.5, 0.6) is 0 Å². The molecule has 0 heterocycles. The number of fused-ring (bicyclic) bond motifs is 3. The van der Waals surface area contributed by atoms with Crippen LogP contribution < -0.4 is 5.32 Å². The summed E-state index contributed by atoms with van der Waals surface area (Å²) in [5, 5.41) is 2.80. The normalized spacial score (nSPS) is 12.2. The third-order valence-corrected chi connectivity index (χ3v) is 4.76. The quantitative estimate of drug-likeness (QED) is 0.662.